The van der Waals surface area contributed by atoms with E-state index in [1.54, 1.807) is 32.2 Å². The van der Waals surface area contributed by atoms with Gasteiger partial charge in [0, 0.05) is 0 Å². The Hall–Kier alpha value is -1.78. The van der Waals surface area contributed by atoms with Crippen molar-refractivity contribution in [3.05, 3.63) is 24.2 Å². The van der Waals surface area contributed by atoms with Gasteiger partial charge in [-0.3, -0.25) is 9.59 Å². The van der Waals surface area contributed by atoms with Crippen molar-refractivity contribution in [3.63, 3.8) is 0 Å². The van der Waals surface area contributed by atoms with Crippen LogP contribution in [-0.2, 0) is 20.9 Å². The number of rotatable bonds is 3. The van der Waals surface area contributed by atoms with E-state index in [0.29, 0.717) is 12.3 Å². The van der Waals surface area contributed by atoms with E-state index in [1.807, 2.05) is 0 Å². The maximum Gasteiger partial charge on any atom is 0.307 e. The Kier molecular flexibility index (Phi) is 2.92. The molecular formula is C12H15NO4. The van der Waals surface area contributed by atoms with Gasteiger partial charge < -0.3 is 14.5 Å². The van der Waals surface area contributed by atoms with Crippen molar-refractivity contribution in [1.82, 2.24) is 5.32 Å². The van der Waals surface area contributed by atoms with E-state index in [1.165, 1.54) is 0 Å². The van der Waals surface area contributed by atoms with Crippen molar-refractivity contribution in [2.45, 2.75) is 32.4 Å². The minimum Gasteiger partial charge on any atom is -0.467 e. The second-order valence-corrected chi connectivity index (χ2v) is 4.63. The number of furan rings is 1. The molecule has 0 unspecified atom stereocenters. The second kappa shape index (κ2) is 4.24. The molecule has 1 aliphatic heterocycles. The number of ether oxygens (including phenoxy) is 1. The lowest BCUT2D eigenvalue weighted by atomic mass is 9.90. The molecule has 0 saturated carbocycles. The average molecular weight is 237 g/mol. The molecule has 0 bridgehead atoms. The predicted molar refractivity (Wildman–Crippen MR) is 58.8 cm³/mol. The fourth-order valence-corrected chi connectivity index (χ4v) is 1.94. The third kappa shape index (κ3) is 2.49. The summed E-state index contributed by atoms with van der Waals surface area (Å²) in [6.45, 7) is 3.82. The van der Waals surface area contributed by atoms with Crippen LogP contribution in [0.4, 0.5) is 0 Å². The third-order valence-corrected chi connectivity index (χ3v) is 2.92. The zero-order valence-corrected chi connectivity index (χ0v) is 9.86. The highest BCUT2D eigenvalue weighted by Gasteiger charge is 2.45. The van der Waals surface area contributed by atoms with E-state index in [4.69, 9.17) is 9.15 Å². The summed E-state index contributed by atoms with van der Waals surface area (Å²) >= 11 is 0. The van der Waals surface area contributed by atoms with Crippen molar-refractivity contribution in [1.29, 1.82) is 0 Å². The summed E-state index contributed by atoms with van der Waals surface area (Å²) in [6.07, 6.45) is 1.69. The summed E-state index contributed by atoms with van der Waals surface area (Å²) in [7, 11) is 0. The molecule has 1 aliphatic rings. The Labute approximate surface area is 99.1 Å². The monoisotopic (exact) mass is 237 g/mol. The van der Waals surface area contributed by atoms with Crippen molar-refractivity contribution >= 4 is 11.9 Å². The van der Waals surface area contributed by atoms with Crippen LogP contribution in [0.2, 0.25) is 0 Å². The Morgan fingerprint density at radius 3 is 2.88 bits per heavy atom. The lowest BCUT2D eigenvalue weighted by molar-refractivity contribution is -0.147. The molecule has 2 rings (SSSR count). The third-order valence-electron chi connectivity index (χ3n) is 2.92. The van der Waals surface area contributed by atoms with Crippen LogP contribution in [0.5, 0.6) is 0 Å². The lowest BCUT2D eigenvalue weighted by Crippen LogP contribution is -2.40. The first-order valence-electron chi connectivity index (χ1n) is 5.51. The van der Waals surface area contributed by atoms with Crippen molar-refractivity contribution in [3.8, 4) is 0 Å². The quantitative estimate of drug-likeness (QED) is 0.803. The molecule has 2 heterocycles. The predicted octanol–water partition coefficient (Wildman–Crippen LogP) is 1.24. The largest absolute Gasteiger partial charge is 0.467 e. The van der Waals surface area contributed by atoms with Gasteiger partial charge in [-0.05, 0) is 26.0 Å². The minimum absolute atomic E-state index is 0.136. The van der Waals surface area contributed by atoms with Gasteiger partial charge in [0.1, 0.15) is 11.4 Å². The zero-order valence-electron chi connectivity index (χ0n) is 9.86. The van der Waals surface area contributed by atoms with Crippen LogP contribution in [0.25, 0.3) is 0 Å². The summed E-state index contributed by atoms with van der Waals surface area (Å²) < 4.78 is 10.2. The molecule has 1 aromatic heterocycles. The number of nitrogens with one attached hydrogen (secondary N) is 1. The molecule has 0 aliphatic carbocycles. The summed E-state index contributed by atoms with van der Waals surface area (Å²) in [5.41, 5.74) is -0.732. The zero-order chi connectivity index (χ0) is 12.5. The van der Waals surface area contributed by atoms with E-state index in [-0.39, 0.29) is 18.3 Å². The van der Waals surface area contributed by atoms with E-state index in [2.05, 4.69) is 5.32 Å². The summed E-state index contributed by atoms with van der Waals surface area (Å²) in [4.78, 5) is 23.1. The number of esters is 1. The van der Waals surface area contributed by atoms with Gasteiger partial charge in [0.05, 0.1) is 25.1 Å². The smallest absolute Gasteiger partial charge is 0.307 e. The average Bonchev–Trinajstić information content (AvgIpc) is 2.82. The summed E-state index contributed by atoms with van der Waals surface area (Å²) in [5, 5.41) is 2.74. The van der Waals surface area contributed by atoms with E-state index < -0.39 is 11.5 Å². The van der Waals surface area contributed by atoms with Crippen molar-refractivity contribution in [2.75, 3.05) is 0 Å². The maximum atomic E-state index is 11.9. The fraction of sp³-hybridized carbons (Fsp3) is 0.500. The molecule has 1 atom stereocenters. The molecular weight excluding hydrogens is 222 g/mol. The Morgan fingerprint density at radius 2 is 2.35 bits per heavy atom. The highest BCUT2D eigenvalue weighted by atomic mass is 16.6. The lowest BCUT2D eigenvalue weighted by Gasteiger charge is -2.23. The van der Waals surface area contributed by atoms with Gasteiger partial charge in [-0.2, -0.15) is 0 Å². The minimum atomic E-state index is -0.732. The number of hydrogen-bond acceptors (Lipinski definition) is 4. The molecule has 0 spiro atoms. The highest BCUT2D eigenvalue weighted by Crippen LogP contribution is 2.32. The van der Waals surface area contributed by atoms with Crippen molar-refractivity contribution in [2.24, 2.45) is 5.92 Å². The molecule has 1 fully saturated rings. The normalized spacial score (nSPS) is 22.2. The van der Waals surface area contributed by atoms with Crippen LogP contribution < -0.4 is 5.32 Å². The Morgan fingerprint density at radius 1 is 1.59 bits per heavy atom. The standard InChI is InChI=1S/C12H15NO4/c1-12(2)9(6-10(14)17-12)11(15)13-7-8-4-3-5-16-8/h3-5,9H,6-7H2,1-2H3,(H,13,15)/t9-/m1/s1. The molecule has 17 heavy (non-hydrogen) atoms. The van der Waals surface area contributed by atoms with E-state index in [9.17, 15) is 9.59 Å². The molecule has 0 radical (unpaired) electrons. The van der Waals surface area contributed by atoms with Gasteiger partial charge in [-0.25, -0.2) is 0 Å². The van der Waals surface area contributed by atoms with Crippen LogP contribution in [0, 0.1) is 5.92 Å². The first-order valence-corrected chi connectivity index (χ1v) is 5.51. The first kappa shape index (κ1) is 11.7. The molecule has 92 valence electrons. The molecule has 5 heteroatoms. The second-order valence-electron chi connectivity index (χ2n) is 4.63. The van der Waals surface area contributed by atoms with Crippen molar-refractivity contribution < 1.29 is 18.7 Å². The van der Waals surface area contributed by atoms with Crippen LogP contribution in [0.3, 0.4) is 0 Å². The van der Waals surface area contributed by atoms with Crippen LogP contribution in [-0.4, -0.2) is 17.5 Å². The van der Waals surface area contributed by atoms with Crippen LogP contribution in [0.1, 0.15) is 26.0 Å². The molecule has 1 saturated heterocycles. The number of cyclic esters (lactones) is 1. The van der Waals surface area contributed by atoms with Crippen LogP contribution in [0.15, 0.2) is 22.8 Å². The van der Waals surface area contributed by atoms with Crippen LogP contribution >= 0.6 is 0 Å². The number of carbonyl (C=O) groups excluding carboxylic acids is 2. The molecule has 1 N–H and O–H groups in total. The van der Waals surface area contributed by atoms with Gasteiger partial charge in [0.2, 0.25) is 5.91 Å². The van der Waals surface area contributed by atoms with Gasteiger partial charge in [0.15, 0.2) is 0 Å². The van der Waals surface area contributed by atoms with Gasteiger partial charge >= 0.3 is 5.97 Å². The highest BCUT2D eigenvalue weighted by molar-refractivity contribution is 5.87. The SMILES string of the molecule is CC1(C)OC(=O)C[C@@H]1C(=O)NCc1ccco1. The summed E-state index contributed by atoms with van der Waals surface area (Å²) in [5.74, 6) is -0.267. The molecule has 5 nitrogen and oxygen atoms in total. The molecule has 1 amide bonds. The topological polar surface area (TPSA) is 68.5 Å². The number of amides is 1. The van der Waals surface area contributed by atoms with E-state index >= 15 is 0 Å². The number of carbonyl (C=O) groups is 2. The summed E-state index contributed by atoms with van der Waals surface area (Å²) in [6, 6.07) is 3.54. The van der Waals surface area contributed by atoms with Gasteiger partial charge in [0.25, 0.3) is 0 Å². The fourth-order valence-electron chi connectivity index (χ4n) is 1.94. The number of hydrogen-bond donors (Lipinski definition) is 1. The van der Waals surface area contributed by atoms with Gasteiger partial charge in [-0.1, -0.05) is 0 Å². The Balaban J connectivity index is 1.94. The first-order chi connectivity index (χ1) is 7.99. The Bertz CT molecular complexity index is 422. The van der Waals surface area contributed by atoms with E-state index in [0.717, 1.165) is 0 Å². The molecule has 0 aromatic carbocycles. The molecule has 1 aromatic rings. The van der Waals surface area contributed by atoms with Gasteiger partial charge in [-0.15, -0.1) is 0 Å². The maximum absolute atomic E-state index is 11.9.